The zero-order chi connectivity index (χ0) is 16.0. The maximum absolute atomic E-state index is 13.5. The van der Waals surface area contributed by atoms with Crippen molar-refractivity contribution in [2.75, 3.05) is 6.54 Å². The molecule has 3 rings (SSSR count). The summed E-state index contributed by atoms with van der Waals surface area (Å²) in [7, 11) is 0. The second kappa shape index (κ2) is 5.00. The highest BCUT2D eigenvalue weighted by Gasteiger charge is 2.46. The van der Waals surface area contributed by atoms with Crippen molar-refractivity contribution in [2.24, 2.45) is 0 Å². The van der Waals surface area contributed by atoms with E-state index in [1.165, 1.54) is 6.07 Å². The van der Waals surface area contributed by atoms with Gasteiger partial charge in [-0.3, -0.25) is 0 Å². The van der Waals surface area contributed by atoms with Crippen molar-refractivity contribution < 1.29 is 13.9 Å². The fourth-order valence-electron chi connectivity index (χ4n) is 2.78. The molecule has 2 aromatic rings. The third-order valence-corrected chi connectivity index (χ3v) is 4.04. The molecule has 22 heavy (non-hydrogen) atoms. The molecule has 1 fully saturated rings. The smallest absolute Gasteiger partial charge is 0.407 e. The number of aromatic amines is 1. The summed E-state index contributed by atoms with van der Waals surface area (Å²) in [5, 5.41) is 3.73. The number of ether oxygens (including phenoxy) is 1. The van der Waals surface area contributed by atoms with Crippen LogP contribution in [0.2, 0.25) is 0 Å². The van der Waals surface area contributed by atoms with E-state index < -0.39 is 11.7 Å². The highest BCUT2D eigenvalue weighted by molar-refractivity contribution is 5.85. The molecule has 1 aromatic carbocycles. The van der Waals surface area contributed by atoms with Crippen molar-refractivity contribution in [3.8, 4) is 0 Å². The molecular formula is C17H21FN2O2. The van der Waals surface area contributed by atoms with Crippen LogP contribution in [0.4, 0.5) is 9.18 Å². The molecule has 1 amide bonds. The lowest BCUT2D eigenvalue weighted by Crippen LogP contribution is -2.36. The molecule has 0 aliphatic heterocycles. The quantitative estimate of drug-likeness (QED) is 0.904. The molecule has 1 saturated carbocycles. The number of rotatable bonds is 3. The van der Waals surface area contributed by atoms with Gasteiger partial charge >= 0.3 is 6.09 Å². The van der Waals surface area contributed by atoms with Gasteiger partial charge in [-0.25, -0.2) is 9.18 Å². The first-order chi connectivity index (χ1) is 10.3. The normalized spacial score (nSPS) is 16.5. The highest BCUT2D eigenvalue weighted by Crippen LogP contribution is 2.50. The fourth-order valence-corrected chi connectivity index (χ4v) is 2.78. The molecule has 0 spiro atoms. The number of alkyl carbamates (subject to hydrolysis) is 1. The first kappa shape index (κ1) is 14.9. The number of amides is 1. The Morgan fingerprint density at radius 2 is 2.14 bits per heavy atom. The third-order valence-electron chi connectivity index (χ3n) is 4.04. The zero-order valence-electron chi connectivity index (χ0n) is 13.1. The van der Waals surface area contributed by atoms with Gasteiger partial charge in [0.2, 0.25) is 0 Å². The first-order valence-electron chi connectivity index (χ1n) is 7.53. The van der Waals surface area contributed by atoms with E-state index in [0.29, 0.717) is 6.54 Å². The number of carbonyl (C=O) groups is 1. The van der Waals surface area contributed by atoms with Gasteiger partial charge in [0.05, 0.1) is 0 Å². The summed E-state index contributed by atoms with van der Waals surface area (Å²) in [6.45, 7) is 6.01. The molecule has 1 heterocycles. The maximum Gasteiger partial charge on any atom is 0.407 e. The van der Waals surface area contributed by atoms with E-state index in [4.69, 9.17) is 4.74 Å². The summed E-state index contributed by atoms with van der Waals surface area (Å²) in [6.07, 6.45) is 3.47. The SMILES string of the molecule is CC(C)(C)OC(=O)NCC1(c2c[nH]c3ccc(F)cc23)CC1. The van der Waals surface area contributed by atoms with Crippen molar-refractivity contribution >= 4 is 17.0 Å². The van der Waals surface area contributed by atoms with E-state index in [0.717, 1.165) is 29.3 Å². The van der Waals surface area contributed by atoms with Gasteiger partial charge in [0.25, 0.3) is 0 Å². The molecule has 0 bridgehead atoms. The van der Waals surface area contributed by atoms with Gasteiger partial charge < -0.3 is 15.0 Å². The van der Waals surface area contributed by atoms with Crippen molar-refractivity contribution in [2.45, 2.75) is 44.6 Å². The largest absolute Gasteiger partial charge is 0.444 e. The summed E-state index contributed by atoms with van der Waals surface area (Å²) < 4.78 is 18.8. The van der Waals surface area contributed by atoms with Crippen molar-refractivity contribution in [1.82, 2.24) is 10.3 Å². The van der Waals surface area contributed by atoms with Crippen LogP contribution in [0.15, 0.2) is 24.4 Å². The van der Waals surface area contributed by atoms with Gasteiger partial charge in [0.15, 0.2) is 0 Å². The minimum Gasteiger partial charge on any atom is -0.444 e. The molecule has 0 unspecified atom stereocenters. The van der Waals surface area contributed by atoms with Crippen molar-refractivity contribution in [1.29, 1.82) is 0 Å². The van der Waals surface area contributed by atoms with E-state index in [1.807, 2.05) is 27.0 Å². The predicted octanol–water partition coefficient (Wildman–Crippen LogP) is 3.86. The van der Waals surface area contributed by atoms with Gasteiger partial charge in [-0.2, -0.15) is 0 Å². The maximum atomic E-state index is 13.5. The van der Waals surface area contributed by atoms with Crippen LogP contribution in [0.1, 0.15) is 39.2 Å². The Kier molecular flexibility index (Phi) is 3.38. The molecule has 1 aliphatic rings. The van der Waals surface area contributed by atoms with Crippen LogP contribution in [0.5, 0.6) is 0 Å². The van der Waals surface area contributed by atoms with E-state index in [1.54, 1.807) is 12.1 Å². The van der Waals surface area contributed by atoms with Crippen LogP contribution in [-0.2, 0) is 10.2 Å². The lowest BCUT2D eigenvalue weighted by Gasteiger charge is -2.21. The second-order valence-electron chi connectivity index (χ2n) is 7.03. The topological polar surface area (TPSA) is 54.1 Å². The number of nitrogens with one attached hydrogen (secondary N) is 2. The van der Waals surface area contributed by atoms with Crippen LogP contribution < -0.4 is 5.32 Å². The molecule has 5 heteroatoms. The zero-order valence-corrected chi connectivity index (χ0v) is 13.1. The summed E-state index contributed by atoms with van der Waals surface area (Å²) in [6, 6.07) is 4.74. The van der Waals surface area contributed by atoms with Gasteiger partial charge in [-0.05, 0) is 57.4 Å². The van der Waals surface area contributed by atoms with Gasteiger partial charge in [0, 0.05) is 29.1 Å². The summed E-state index contributed by atoms with van der Waals surface area (Å²) in [4.78, 5) is 15.0. The molecule has 1 aliphatic carbocycles. The number of benzene rings is 1. The standard InChI is InChI=1S/C17H21FN2O2/c1-16(2,3)22-15(21)20-10-17(6-7-17)13-9-19-14-5-4-11(18)8-12(13)14/h4-5,8-9,19H,6-7,10H2,1-3H3,(H,20,21). The summed E-state index contributed by atoms with van der Waals surface area (Å²) in [5.41, 5.74) is 1.37. The average molecular weight is 304 g/mol. The molecule has 0 atom stereocenters. The number of aromatic nitrogens is 1. The third kappa shape index (κ3) is 2.93. The Morgan fingerprint density at radius 1 is 1.41 bits per heavy atom. The predicted molar refractivity (Wildman–Crippen MR) is 83.4 cm³/mol. The number of hydrogen-bond donors (Lipinski definition) is 2. The number of H-pyrrole nitrogens is 1. The van der Waals surface area contributed by atoms with E-state index >= 15 is 0 Å². The Labute approximate surface area is 129 Å². The van der Waals surface area contributed by atoms with Crippen LogP contribution >= 0.6 is 0 Å². The first-order valence-corrected chi connectivity index (χ1v) is 7.53. The lowest BCUT2D eigenvalue weighted by atomic mass is 9.95. The minimum atomic E-state index is -0.509. The number of fused-ring (bicyclic) bond motifs is 1. The Balaban J connectivity index is 1.76. The van der Waals surface area contributed by atoms with E-state index in [9.17, 15) is 9.18 Å². The molecule has 2 N–H and O–H groups in total. The molecule has 1 aromatic heterocycles. The number of hydrogen-bond acceptors (Lipinski definition) is 2. The number of halogens is 1. The van der Waals surface area contributed by atoms with Crippen LogP contribution in [0.25, 0.3) is 10.9 Å². The van der Waals surface area contributed by atoms with Crippen molar-refractivity contribution in [3.05, 3.63) is 35.8 Å². The van der Waals surface area contributed by atoms with Gasteiger partial charge in [0.1, 0.15) is 11.4 Å². The molecule has 0 saturated heterocycles. The molecular weight excluding hydrogens is 283 g/mol. The highest BCUT2D eigenvalue weighted by atomic mass is 19.1. The van der Waals surface area contributed by atoms with E-state index in [-0.39, 0.29) is 11.2 Å². The Morgan fingerprint density at radius 3 is 2.77 bits per heavy atom. The summed E-state index contributed by atoms with van der Waals surface area (Å²) in [5.74, 6) is -0.246. The minimum absolute atomic E-state index is 0.108. The molecule has 0 radical (unpaired) electrons. The summed E-state index contributed by atoms with van der Waals surface area (Å²) >= 11 is 0. The van der Waals surface area contributed by atoms with Crippen LogP contribution in [0, 0.1) is 5.82 Å². The molecule has 118 valence electrons. The Hall–Kier alpha value is -2.04. The average Bonchev–Trinajstić information content (AvgIpc) is 3.08. The Bertz CT molecular complexity index is 711. The van der Waals surface area contributed by atoms with Gasteiger partial charge in [-0.1, -0.05) is 0 Å². The molecule has 4 nitrogen and oxygen atoms in total. The van der Waals surface area contributed by atoms with E-state index in [2.05, 4.69) is 10.3 Å². The number of carbonyl (C=O) groups excluding carboxylic acids is 1. The lowest BCUT2D eigenvalue weighted by molar-refractivity contribution is 0.0522. The van der Waals surface area contributed by atoms with Gasteiger partial charge in [-0.15, -0.1) is 0 Å². The van der Waals surface area contributed by atoms with Crippen LogP contribution in [-0.4, -0.2) is 23.2 Å². The second-order valence-corrected chi connectivity index (χ2v) is 7.03. The van der Waals surface area contributed by atoms with Crippen molar-refractivity contribution in [3.63, 3.8) is 0 Å². The fraction of sp³-hybridized carbons (Fsp3) is 0.471. The van der Waals surface area contributed by atoms with Crippen LogP contribution in [0.3, 0.4) is 0 Å². The monoisotopic (exact) mass is 304 g/mol.